The largest absolute Gasteiger partial charge is 0.376 e. The number of halogens is 1. The zero-order valence-corrected chi connectivity index (χ0v) is 27.7. The fraction of sp³-hybridized carbons (Fsp3) is 0.541. The van der Waals surface area contributed by atoms with E-state index in [9.17, 15) is 18.8 Å². The summed E-state index contributed by atoms with van der Waals surface area (Å²) in [7, 11) is 1.93. The number of rotatable bonds is 11. The highest BCUT2D eigenvalue weighted by Gasteiger charge is 2.39. The molecule has 252 valence electrons. The van der Waals surface area contributed by atoms with Gasteiger partial charge in [0, 0.05) is 81.1 Å². The Labute approximate surface area is 277 Å². The molecule has 2 atom stereocenters. The summed E-state index contributed by atoms with van der Waals surface area (Å²) in [6.07, 6.45) is 7.68. The molecule has 2 aliphatic heterocycles. The lowest BCUT2D eigenvalue weighted by atomic mass is 9.88. The molecular formula is C37H48FN5O4. The van der Waals surface area contributed by atoms with Crippen molar-refractivity contribution in [3.05, 3.63) is 65.4 Å². The van der Waals surface area contributed by atoms with Gasteiger partial charge in [-0.2, -0.15) is 0 Å². The summed E-state index contributed by atoms with van der Waals surface area (Å²) in [5, 5.41) is 3.98. The molecule has 3 fully saturated rings. The van der Waals surface area contributed by atoms with Crippen LogP contribution in [0.5, 0.6) is 0 Å². The number of aryl methyl sites for hydroxylation is 2. The Bertz CT molecular complexity index is 1560. The van der Waals surface area contributed by atoms with E-state index >= 15 is 0 Å². The van der Waals surface area contributed by atoms with E-state index in [4.69, 9.17) is 4.74 Å². The molecule has 2 amide bonds. The van der Waals surface area contributed by atoms with Gasteiger partial charge in [0.2, 0.25) is 5.91 Å². The first kappa shape index (κ1) is 33.3. The van der Waals surface area contributed by atoms with Gasteiger partial charge in [0.1, 0.15) is 13.0 Å². The predicted molar refractivity (Wildman–Crippen MR) is 181 cm³/mol. The number of alkyl halides is 1. The first-order valence-electron chi connectivity index (χ1n) is 17.2. The van der Waals surface area contributed by atoms with Crippen LogP contribution in [-0.2, 0) is 27.8 Å². The Kier molecular flexibility index (Phi) is 10.7. The number of carbonyl (C=O) groups excluding carboxylic acids is 3. The summed E-state index contributed by atoms with van der Waals surface area (Å²) in [4.78, 5) is 45.0. The monoisotopic (exact) mass is 645 g/mol. The molecule has 2 saturated heterocycles. The lowest BCUT2D eigenvalue weighted by molar-refractivity contribution is -0.133. The predicted octanol–water partition coefficient (Wildman–Crippen LogP) is 4.61. The fourth-order valence-corrected chi connectivity index (χ4v) is 7.69. The van der Waals surface area contributed by atoms with Crippen LogP contribution in [0, 0.1) is 12.8 Å². The molecule has 0 unspecified atom stereocenters. The smallest absolute Gasteiger partial charge is 0.257 e. The van der Waals surface area contributed by atoms with E-state index in [1.54, 1.807) is 0 Å². The Balaban J connectivity index is 1.10. The van der Waals surface area contributed by atoms with Gasteiger partial charge < -0.3 is 24.3 Å². The highest BCUT2D eigenvalue weighted by molar-refractivity contribution is 6.13. The number of ether oxygens (including phenoxy) is 1. The maximum atomic E-state index is 13.9. The number of carbonyl (C=O) groups is 3. The number of fused-ring (bicyclic) bond motifs is 1. The van der Waals surface area contributed by atoms with Gasteiger partial charge in [0.25, 0.3) is 5.91 Å². The zero-order valence-electron chi connectivity index (χ0n) is 27.7. The number of hydrogen-bond donors (Lipinski definition) is 1. The van der Waals surface area contributed by atoms with Crippen LogP contribution < -0.4 is 5.32 Å². The average molecular weight is 646 g/mol. The molecular weight excluding hydrogens is 597 g/mol. The third kappa shape index (κ3) is 7.77. The lowest BCUT2D eigenvalue weighted by Crippen LogP contribution is -2.51. The summed E-state index contributed by atoms with van der Waals surface area (Å²) in [6.45, 7) is 6.72. The number of hydrogen-bond acceptors (Lipinski definition) is 6. The topological polar surface area (TPSA) is 87.1 Å². The van der Waals surface area contributed by atoms with Gasteiger partial charge in [-0.05, 0) is 62.3 Å². The maximum Gasteiger partial charge on any atom is 0.257 e. The lowest BCUT2D eigenvalue weighted by Gasteiger charge is -2.37. The highest BCUT2D eigenvalue weighted by atomic mass is 19.1. The molecule has 1 aliphatic carbocycles. The first-order valence-corrected chi connectivity index (χ1v) is 17.2. The molecule has 6 rings (SSSR count). The van der Waals surface area contributed by atoms with E-state index < -0.39 is 0 Å². The van der Waals surface area contributed by atoms with Gasteiger partial charge in [0.15, 0.2) is 0 Å². The molecule has 0 radical (unpaired) electrons. The Morgan fingerprint density at radius 2 is 1.81 bits per heavy atom. The zero-order chi connectivity index (χ0) is 32.9. The van der Waals surface area contributed by atoms with Gasteiger partial charge in [0.05, 0.1) is 30.7 Å². The molecule has 9 nitrogen and oxygen atoms in total. The van der Waals surface area contributed by atoms with E-state index in [2.05, 4.69) is 15.1 Å². The third-order valence-corrected chi connectivity index (χ3v) is 10.5. The second kappa shape index (κ2) is 15.1. The van der Waals surface area contributed by atoms with Crippen molar-refractivity contribution in [2.75, 3.05) is 57.9 Å². The second-order valence-electron chi connectivity index (χ2n) is 13.6. The van der Waals surface area contributed by atoms with Gasteiger partial charge >= 0.3 is 0 Å². The van der Waals surface area contributed by atoms with Crippen LogP contribution in [0.15, 0.2) is 48.7 Å². The number of nitrogens with one attached hydrogen (secondary N) is 1. The van der Waals surface area contributed by atoms with E-state index in [-0.39, 0.29) is 49.0 Å². The van der Waals surface area contributed by atoms with Crippen molar-refractivity contribution in [1.29, 1.82) is 0 Å². The van der Waals surface area contributed by atoms with Crippen molar-refractivity contribution in [1.82, 2.24) is 19.3 Å². The number of aromatic nitrogens is 1. The van der Waals surface area contributed by atoms with E-state index in [1.807, 2.05) is 72.1 Å². The van der Waals surface area contributed by atoms with E-state index in [0.29, 0.717) is 25.3 Å². The summed E-state index contributed by atoms with van der Waals surface area (Å²) in [5.41, 5.74) is 4.16. The van der Waals surface area contributed by atoms with Crippen LogP contribution in [0.25, 0.3) is 10.9 Å². The second-order valence-corrected chi connectivity index (χ2v) is 13.6. The molecule has 3 aromatic rings. The normalized spacial score (nSPS) is 24.1. The van der Waals surface area contributed by atoms with Crippen molar-refractivity contribution < 1.29 is 23.5 Å². The molecule has 47 heavy (non-hydrogen) atoms. The molecule has 0 spiro atoms. The molecule has 3 aliphatic rings. The van der Waals surface area contributed by atoms with Crippen LogP contribution in [-0.4, -0.2) is 108 Å². The van der Waals surface area contributed by atoms with Crippen LogP contribution in [0.4, 0.5) is 10.1 Å². The standard InChI is InChI=1S/C37H48FN5O4/c1-26-19-28(9-12-34(26)39-37(46)33-23-40(2)35-6-4-3-5-32(33)35)20-36(45)43-22-29(42-17-15-41(14-13-38)16-18-42)21-30(43)25-47-31-10-7-27(24-44)8-11-31/h3-6,9,12,19,23-24,27,29-31H,7-8,10-11,13-18,20-22,25H2,1-2H3,(H,39,46)/t27?,29-,30-,31?/m0/s1. The molecule has 1 saturated carbocycles. The maximum absolute atomic E-state index is 13.9. The van der Waals surface area contributed by atoms with Crippen LogP contribution in [0.1, 0.15) is 53.6 Å². The minimum atomic E-state index is -0.323. The first-order chi connectivity index (χ1) is 22.8. The number of aldehydes is 1. The van der Waals surface area contributed by atoms with E-state index in [0.717, 1.165) is 92.3 Å². The number of amides is 2. The van der Waals surface area contributed by atoms with Gasteiger partial charge in [-0.15, -0.1) is 0 Å². The third-order valence-electron chi connectivity index (χ3n) is 10.5. The van der Waals surface area contributed by atoms with Crippen molar-refractivity contribution in [3.63, 3.8) is 0 Å². The Hall–Kier alpha value is -3.60. The molecule has 1 aromatic heterocycles. The highest BCUT2D eigenvalue weighted by Crippen LogP contribution is 2.29. The number of benzene rings is 2. The minimum Gasteiger partial charge on any atom is -0.376 e. The Morgan fingerprint density at radius 3 is 2.53 bits per heavy atom. The fourth-order valence-electron chi connectivity index (χ4n) is 7.69. The number of piperazine rings is 1. The van der Waals surface area contributed by atoms with Crippen LogP contribution >= 0.6 is 0 Å². The number of anilines is 1. The Morgan fingerprint density at radius 1 is 1.04 bits per heavy atom. The summed E-state index contributed by atoms with van der Waals surface area (Å²) >= 11 is 0. The van der Waals surface area contributed by atoms with Crippen LogP contribution in [0.2, 0.25) is 0 Å². The molecule has 10 heteroatoms. The van der Waals surface area contributed by atoms with Gasteiger partial charge in [-0.1, -0.05) is 30.3 Å². The van der Waals surface area contributed by atoms with Crippen molar-refractivity contribution in [2.24, 2.45) is 13.0 Å². The quantitative estimate of drug-likeness (QED) is 0.307. The average Bonchev–Trinajstić information content (AvgIpc) is 3.67. The van der Waals surface area contributed by atoms with E-state index in [1.165, 1.54) is 0 Å². The van der Waals surface area contributed by atoms with Gasteiger partial charge in [-0.3, -0.25) is 19.4 Å². The van der Waals surface area contributed by atoms with Crippen LogP contribution in [0.3, 0.4) is 0 Å². The molecule has 0 bridgehead atoms. The SMILES string of the molecule is Cc1cc(CC(=O)N2C[C@@H](N3CCN(CCF)CC3)C[C@H]2COC2CCC(C=O)CC2)ccc1NC(=O)c1cn(C)c2ccccc12. The summed E-state index contributed by atoms with van der Waals surface area (Å²) in [5.74, 6) is 0.0554. The van der Waals surface area contributed by atoms with Crippen molar-refractivity contribution in [2.45, 2.75) is 63.6 Å². The molecule has 3 heterocycles. The number of likely N-dealkylation sites (tertiary alicyclic amines) is 1. The molecule has 2 aromatic carbocycles. The minimum absolute atomic E-state index is 0.0134. The van der Waals surface area contributed by atoms with Crippen molar-refractivity contribution in [3.8, 4) is 0 Å². The number of nitrogens with zero attached hydrogens (tertiary/aromatic N) is 4. The summed E-state index contributed by atoms with van der Waals surface area (Å²) < 4.78 is 21.2. The van der Waals surface area contributed by atoms with Gasteiger partial charge in [-0.25, -0.2) is 4.39 Å². The summed E-state index contributed by atoms with van der Waals surface area (Å²) in [6, 6.07) is 13.9. The number of para-hydroxylation sites is 1. The molecule has 1 N–H and O–H groups in total. The van der Waals surface area contributed by atoms with Crippen molar-refractivity contribution >= 4 is 34.7 Å².